The standard InChI is InChI=1S/C14H16N4O4/c1-21-9-4-3-8(10(5-9)22-2)6-16-13-11(15)12(14(19)20)17-7-18-13/h3-5,7H,6,15H2,1-2H3,(H,19,20)(H,16,17,18). The van der Waals surface area contributed by atoms with Crippen molar-refractivity contribution in [2.45, 2.75) is 6.54 Å². The first-order valence-electron chi connectivity index (χ1n) is 6.35. The van der Waals surface area contributed by atoms with Gasteiger partial charge in [0.1, 0.15) is 23.5 Å². The summed E-state index contributed by atoms with van der Waals surface area (Å²) in [5.74, 6) is 0.364. The van der Waals surface area contributed by atoms with Gasteiger partial charge in [-0.05, 0) is 12.1 Å². The third kappa shape index (κ3) is 3.17. The quantitative estimate of drug-likeness (QED) is 0.732. The molecule has 2 aromatic rings. The van der Waals surface area contributed by atoms with E-state index in [9.17, 15) is 4.79 Å². The third-order valence-electron chi connectivity index (χ3n) is 3.03. The molecule has 4 N–H and O–H groups in total. The number of hydrogen-bond acceptors (Lipinski definition) is 7. The van der Waals surface area contributed by atoms with E-state index < -0.39 is 5.97 Å². The molecule has 2 rings (SSSR count). The third-order valence-corrected chi connectivity index (χ3v) is 3.03. The van der Waals surface area contributed by atoms with Gasteiger partial charge in [0.15, 0.2) is 11.5 Å². The minimum absolute atomic E-state index is 0.0116. The number of nitrogens with two attached hydrogens (primary N) is 1. The van der Waals surface area contributed by atoms with Crippen LogP contribution >= 0.6 is 0 Å². The van der Waals surface area contributed by atoms with Gasteiger partial charge in [0.2, 0.25) is 0 Å². The van der Waals surface area contributed by atoms with Gasteiger partial charge < -0.3 is 25.6 Å². The SMILES string of the molecule is COc1ccc(CNc2ncnc(C(=O)O)c2N)c(OC)c1. The van der Waals surface area contributed by atoms with Gasteiger partial charge in [-0.1, -0.05) is 0 Å². The van der Waals surface area contributed by atoms with Gasteiger partial charge in [-0.2, -0.15) is 0 Å². The number of methoxy groups -OCH3 is 2. The first-order chi connectivity index (χ1) is 10.6. The van der Waals surface area contributed by atoms with Gasteiger partial charge in [-0.15, -0.1) is 0 Å². The highest BCUT2D eigenvalue weighted by atomic mass is 16.5. The molecule has 0 aliphatic rings. The van der Waals surface area contributed by atoms with Crippen molar-refractivity contribution in [2.24, 2.45) is 0 Å². The molecule has 116 valence electrons. The van der Waals surface area contributed by atoms with E-state index >= 15 is 0 Å². The maximum atomic E-state index is 11.0. The van der Waals surface area contributed by atoms with E-state index in [2.05, 4.69) is 15.3 Å². The van der Waals surface area contributed by atoms with Crippen LogP contribution in [0.1, 0.15) is 16.1 Å². The van der Waals surface area contributed by atoms with E-state index in [4.69, 9.17) is 20.3 Å². The number of carboxylic acid groups (broad SMARTS) is 1. The van der Waals surface area contributed by atoms with Crippen LogP contribution in [-0.2, 0) is 6.54 Å². The summed E-state index contributed by atoms with van der Waals surface area (Å²) in [6, 6.07) is 5.38. The normalized spacial score (nSPS) is 10.1. The Bertz CT molecular complexity index is 691. The lowest BCUT2D eigenvalue weighted by atomic mass is 10.2. The first-order valence-corrected chi connectivity index (χ1v) is 6.35. The van der Waals surface area contributed by atoms with Gasteiger partial charge in [0.25, 0.3) is 0 Å². The fraction of sp³-hybridized carbons (Fsp3) is 0.214. The molecular weight excluding hydrogens is 288 g/mol. The summed E-state index contributed by atoms with van der Waals surface area (Å²) in [5, 5.41) is 12.0. The number of nitrogens with one attached hydrogen (secondary N) is 1. The van der Waals surface area contributed by atoms with E-state index in [-0.39, 0.29) is 17.2 Å². The molecule has 0 bridgehead atoms. The largest absolute Gasteiger partial charge is 0.497 e. The Balaban J connectivity index is 2.20. The van der Waals surface area contributed by atoms with Crippen molar-refractivity contribution in [1.29, 1.82) is 0 Å². The molecule has 1 heterocycles. The fourth-order valence-electron chi connectivity index (χ4n) is 1.88. The Morgan fingerprint density at radius 3 is 2.73 bits per heavy atom. The smallest absolute Gasteiger partial charge is 0.356 e. The summed E-state index contributed by atoms with van der Waals surface area (Å²) in [6.45, 7) is 0.355. The lowest BCUT2D eigenvalue weighted by molar-refractivity contribution is 0.0691. The van der Waals surface area contributed by atoms with Crippen LogP contribution in [0.2, 0.25) is 0 Å². The fourth-order valence-corrected chi connectivity index (χ4v) is 1.88. The van der Waals surface area contributed by atoms with Gasteiger partial charge in [0, 0.05) is 18.2 Å². The number of rotatable bonds is 6. The molecule has 8 heteroatoms. The topological polar surface area (TPSA) is 120 Å². The second-order valence-electron chi connectivity index (χ2n) is 4.32. The van der Waals surface area contributed by atoms with Crippen LogP contribution in [0, 0.1) is 0 Å². The van der Waals surface area contributed by atoms with Crippen LogP contribution in [0.5, 0.6) is 11.5 Å². The molecule has 0 saturated heterocycles. The van der Waals surface area contributed by atoms with Gasteiger partial charge >= 0.3 is 5.97 Å². The van der Waals surface area contributed by atoms with E-state index in [1.54, 1.807) is 26.4 Å². The van der Waals surface area contributed by atoms with Crippen LogP contribution in [-0.4, -0.2) is 35.3 Å². The number of benzene rings is 1. The number of nitrogens with zero attached hydrogens (tertiary/aromatic N) is 2. The van der Waals surface area contributed by atoms with E-state index in [1.165, 1.54) is 0 Å². The minimum atomic E-state index is -1.20. The number of aromatic carboxylic acids is 1. The van der Waals surface area contributed by atoms with Crippen molar-refractivity contribution in [3.05, 3.63) is 35.8 Å². The molecule has 0 radical (unpaired) electrons. The zero-order valence-corrected chi connectivity index (χ0v) is 12.2. The van der Waals surface area contributed by atoms with Crippen molar-refractivity contribution < 1.29 is 19.4 Å². The monoisotopic (exact) mass is 304 g/mol. The molecule has 8 nitrogen and oxygen atoms in total. The van der Waals surface area contributed by atoms with Crippen LogP contribution in [0.4, 0.5) is 11.5 Å². The van der Waals surface area contributed by atoms with Gasteiger partial charge in [0.05, 0.1) is 14.2 Å². The second-order valence-corrected chi connectivity index (χ2v) is 4.32. The van der Waals surface area contributed by atoms with Crippen molar-refractivity contribution in [2.75, 3.05) is 25.3 Å². The second kappa shape index (κ2) is 6.61. The molecule has 0 aliphatic heterocycles. The molecule has 1 aromatic carbocycles. The highest BCUT2D eigenvalue weighted by Gasteiger charge is 2.14. The maximum Gasteiger partial charge on any atom is 0.356 e. The molecule has 0 saturated carbocycles. The number of hydrogen-bond donors (Lipinski definition) is 3. The number of nitrogen functional groups attached to an aromatic ring is 1. The number of carbonyl (C=O) groups is 1. The zero-order chi connectivity index (χ0) is 16.1. The Morgan fingerprint density at radius 2 is 2.09 bits per heavy atom. The number of aromatic nitrogens is 2. The van der Waals surface area contributed by atoms with Crippen LogP contribution in [0.25, 0.3) is 0 Å². The maximum absolute atomic E-state index is 11.0. The molecule has 0 spiro atoms. The Kier molecular flexibility index (Phi) is 4.62. The van der Waals surface area contributed by atoms with Crippen molar-refractivity contribution in [1.82, 2.24) is 9.97 Å². The Labute approximate surface area is 126 Å². The predicted molar refractivity (Wildman–Crippen MR) is 80.3 cm³/mol. The van der Waals surface area contributed by atoms with Crippen LogP contribution < -0.4 is 20.5 Å². The molecule has 0 aliphatic carbocycles. The lowest BCUT2D eigenvalue weighted by Crippen LogP contribution is -2.11. The van der Waals surface area contributed by atoms with Crippen molar-refractivity contribution in [3.8, 4) is 11.5 Å². The van der Waals surface area contributed by atoms with E-state index in [0.717, 1.165) is 11.9 Å². The van der Waals surface area contributed by atoms with Crippen LogP contribution in [0.15, 0.2) is 24.5 Å². The molecule has 0 amide bonds. The lowest BCUT2D eigenvalue weighted by Gasteiger charge is -2.13. The molecule has 0 fully saturated rings. The van der Waals surface area contributed by atoms with Gasteiger partial charge in [-0.25, -0.2) is 14.8 Å². The summed E-state index contributed by atoms with van der Waals surface area (Å²) >= 11 is 0. The number of carboxylic acids is 1. The number of ether oxygens (including phenoxy) is 2. The minimum Gasteiger partial charge on any atom is -0.497 e. The summed E-state index contributed by atoms with van der Waals surface area (Å²) < 4.78 is 10.4. The summed E-state index contributed by atoms with van der Waals surface area (Å²) in [7, 11) is 3.13. The number of anilines is 2. The van der Waals surface area contributed by atoms with E-state index in [0.29, 0.717) is 18.0 Å². The first kappa shape index (κ1) is 15.4. The van der Waals surface area contributed by atoms with E-state index in [1.807, 2.05) is 6.07 Å². The zero-order valence-electron chi connectivity index (χ0n) is 12.2. The van der Waals surface area contributed by atoms with Gasteiger partial charge in [-0.3, -0.25) is 0 Å². The van der Waals surface area contributed by atoms with Crippen molar-refractivity contribution in [3.63, 3.8) is 0 Å². The Hall–Kier alpha value is -3.03. The summed E-state index contributed by atoms with van der Waals surface area (Å²) in [5.41, 5.74) is 6.34. The molecule has 0 unspecified atom stereocenters. The molecule has 1 aromatic heterocycles. The van der Waals surface area contributed by atoms with Crippen LogP contribution in [0.3, 0.4) is 0 Å². The highest BCUT2D eigenvalue weighted by molar-refractivity contribution is 5.93. The Morgan fingerprint density at radius 1 is 1.32 bits per heavy atom. The van der Waals surface area contributed by atoms with Crippen molar-refractivity contribution >= 4 is 17.5 Å². The summed E-state index contributed by atoms with van der Waals surface area (Å²) in [4.78, 5) is 18.6. The molecule has 22 heavy (non-hydrogen) atoms. The summed E-state index contributed by atoms with van der Waals surface area (Å²) in [6.07, 6.45) is 1.15. The predicted octanol–water partition coefficient (Wildman–Crippen LogP) is 1.39. The molecular formula is C14H16N4O4. The molecule has 0 atom stereocenters. The highest BCUT2D eigenvalue weighted by Crippen LogP contribution is 2.26. The average molecular weight is 304 g/mol. The average Bonchev–Trinajstić information content (AvgIpc) is 2.53.